The van der Waals surface area contributed by atoms with E-state index in [0.29, 0.717) is 12.8 Å². The molecule has 0 radical (unpaired) electrons. The second-order valence-corrected chi connectivity index (χ2v) is 13.9. The normalized spacial score (nSPS) is 12.8. The van der Waals surface area contributed by atoms with Crippen LogP contribution in [0.4, 0.5) is 0 Å². The minimum absolute atomic E-state index is 0.196. The Morgan fingerprint density at radius 1 is 0.806 bits per heavy atom. The zero-order chi connectivity index (χ0) is 27.0. The summed E-state index contributed by atoms with van der Waals surface area (Å²) >= 11 is 0. The van der Waals surface area contributed by atoms with Crippen molar-refractivity contribution < 1.29 is 27.2 Å². The van der Waals surface area contributed by atoms with Crippen molar-refractivity contribution in [1.82, 2.24) is 0 Å². The number of hydrogen-bond acceptors (Lipinski definition) is 6. The predicted molar refractivity (Wildman–Crippen MR) is 152 cm³/mol. The Morgan fingerprint density at radius 3 is 1.75 bits per heavy atom. The van der Waals surface area contributed by atoms with Crippen molar-refractivity contribution in [1.29, 1.82) is 0 Å². The van der Waals surface area contributed by atoms with Gasteiger partial charge in [-0.05, 0) is 91.7 Å². The summed E-state index contributed by atoms with van der Waals surface area (Å²) < 4.78 is 49.5. The molecule has 0 aliphatic carbocycles. The minimum atomic E-state index is -3.68. The fourth-order valence-corrected chi connectivity index (χ4v) is 9.47. The molecule has 0 fully saturated rings. The van der Waals surface area contributed by atoms with Crippen LogP contribution in [0.1, 0.15) is 91.7 Å². The van der Waals surface area contributed by atoms with Crippen LogP contribution in [0.3, 0.4) is 0 Å². The van der Waals surface area contributed by atoms with Crippen molar-refractivity contribution in [3.8, 4) is 0 Å². The fourth-order valence-electron chi connectivity index (χ4n) is 4.01. The number of unbranched alkanes of at least 4 members (excludes halogenated alkanes) is 1. The summed E-state index contributed by atoms with van der Waals surface area (Å²) in [6.45, 7) is 14.2. The Morgan fingerprint density at radius 2 is 1.31 bits per heavy atom. The quantitative estimate of drug-likeness (QED) is 0.0985. The van der Waals surface area contributed by atoms with Crippen LogP contribution in [0.2, 0.25) is 0 Å². The van der Waals surface area contributed by atoms with Gasteiger partial charge in [0.25, 0.3) is 0 Å². The summed E-state index contributed by atoms with van der Waals surface area (Å²) in [5, 5.41) is -0.938. The van der Waals surface area contributed by atoms with Gasteiger partial charge >= 0.3 is 15.2 Å². The Balaban J connectivity index is 2.83. The van der Waals surface area contributed by atoms with Gasteiger partial charge in [-0.15, -0.1) is 0 Å². The van der Waals surface area contributed by atoms with Crippen LogP contribution in [0.25, 0.3) is 6.08 Å². The van der Waals surface area contributed by atoms with Crippen molar-refractivity contribution in [2.24, 2.45) is 0 Å². The largest absolute Gasteiger partial charge is 0.345 e. The summed E-state index contributed by atoms with van der Waals surface area (Å²) in [6.07, 6.45) is 9.45. The molecular formula is C28H48O6P2. The molecule has 1 aromatic carbocycles. The SMILES string of the molecule is CCOP(=O)(OCC)C(CCCCc1ccc(/C=C(\C)CCC=C(C)C)cc1)P(=O)(OCC)OCC. The molecule has 36 heavy (non-hydrogen) atoms. The first-order valence-corrected chi connectivity index (χ1v) is 16.5. The zero-order valence-electron chi connectivity index (χ0n) is 23.5. The van der Waals surface area contributed by atoms with Crippen molar-refractivity contribution in [3.63, 3.8) is 0 Å². The summed E-state index contributed by atoms with van der Waals surface area (Å²) in [4.78, 5) is 0. The molecule has 6 nitrogen and oxygen atoms in total. The van der Waals surface area contributed by atoms with Crippen molar-refractivity contribution in [3.05, 3.63) is 52.6 Å². The van der Waals surface area contributed by atoms with Crippen LogP contribution in [0.5, 0.6) is 0 Å². The van der Waals surface area contributed by atoms with Crippen LogP contribution < -0.4 is 0 Å². The van der Waals surface area contributed by atoms with E-state index in [4.69, 9.17) is 18.1 Å². The smallest absolute Gasteiger partial charge is 0.308 e. The lowest BCUT2D eigenvalue weighted by Gasteiger charge is -2.31. The van der Waals surface area contributed by atoms with E-state index in [1.165, 1.54) is 22.3 Å². The number of rotatable bonds is 19. The molecular weight excluding hydrogens is 494 g/mol. The lowest BCUT2D eigenvalue weighted by atomic mass is 10.0. The van der Waals surface area contributed by atoms with E-state index < -0.39 is 20.6 Å². The lowest BCUT2D eigenvalue weighted by molar-refractivity contribution is 0.193. The van der Waals surface area contributed by atoms with E-state index in [2.05, 4.69) is 57.2 Å². The average molecular weight is 543 g/mol. The van der Waals surface area contributed by atoms with Gasteiger partial charge in [0.1, 0.15) is 0 Å². The molecule has 0 spiro atoms. The van der Waals surface area contributed by atoms with Gasteiger partial charge in [0.05, 0.1) is 26.4 Å². The van der Waals surface area contributed by atoms with Crippen LogP contribution >= 0.6 is 15.2 Å². The first kappa shape index (κ1) is 33.0. The summed E-state index contributed by atoms with van der Waals surface area (Å²) in [7, 11) is -7.36. The fraction of sp³-hybridized carbons (Fsp3) is 0.643. The van der Waals surface area contributed by atoms with Crippen LogP contribution in [-0.4, -0.2) is 31.8 Å². The van der Waals surface area contributed by atoms with Crippen molar-refractivity contribution >= 4 is 21.3 Å². The third kappa shape index (κ3) is 11.6. The molecule has 0 bridgehead atoms. The van der Waals surface area contributed by atoms with Gasteiger partial charge in [-0.25, -0.2) is 0 Å². The maximum absolute atomic E-state index is 13.6. The van der Waals surface area contributed by atoms with Gasteiger partial charge < -0.3 is 18.1 Å². The van der Waals surface area contributed by atoms with E-state index in [0.717, 1.165) is 25.7 Å². The first-order chi connectivity index (χ1) is 17.1. The molecule has 206 valence electrons. The molecule has 0 N–H and O–H groups in total. The molecule has 0 aliphatic heterocycles. The molecule has 0 amide bonds. The van der Waals surface area contributed by atoms with Gasteiger partial charge in [0, 0.05) is 0 Å². The highest BCUT2D eigenvalue weighted by Gasteiger charge is 2.50. The Labute approximate surface area is 219 Å². The number of aryl methyl sites for hydroxylation is 1. The van der Waals surface area contributed by atoms with Crippen molar-refractivity contribution in [2.45, 2.75) is 92.4 Å². The molecule has 8 heteroatoms. The molecule has 0 atom stereocenters. The van der Waals surface area contributed by atoms with Gasteiger partial charge in [0.15, 0.2) is 5.40 Å². The molecule has 0 aliphatic rings. The third-order valence-corrected chi connectivity index (χ3v) is 11.8. The van der Waals surface area contributed by atoms with E-state index >= 15 is 0 Å². The molecule has 0 aromatic heterocycles. The lowest BCUT2D eigenvalue weighted by Crippen LogP contribution is -2.18. The number of allylic oxidation sites excluding steroid dienone is 3. The van der Waals surface area contributed by atoms with Crippen LogP contribution in [-0.2, 0) is 33.6 Å². The van der Waals surface area contributed by atoms with Crippen LogP contribution in [0, 0.1) is 0 Å². The van der Waals surface area contributed by atoms with Crippen molar-refractivity contribution in [2.75, 3.05) is 26.4 Å². The first-order valence-electron chi connectivity index (χ1n) is 13.3. The Kier molecular flexibility index (Phi) is 16.1. The van der Waals surface area contributed by atoms with E-state index in [1.54, 1.807) is 27.7 Å². The highest BCUT2D eigenvalue weighted by Crippen LogP contribution is 2.71. The Bertz CT molecular complexity index is 853. The Hall–Kier alpha value is -1.00. The highest BCUT2D eigenvalue weighted by molar-refractivity contribution is 7.72. The standard InChI is InChI=1S/C28H48O6P2/c1-8-31-35(29,32-9-2)28(36(30,33-10-3)34-11-4)18-13-12-17-26-19-21-27(22-20-26)23-25(7)16-14-15-24(5)6/h15,19-23,28H,8-14,16-18H2,1-7H3/b25-23+. The summed E-state index contributed by atoms with van der Waals surface area (Å²) in [6, 6.07) is 8.62. The number of hydrogen-bond donors (Lipinski definition) is 0. The van der Waals surface area contributed by atoms with Gasteiger partial charge in [0.2, 0.25) is 0 Å². The van der Waals surface area contributed by atoms with E-state index in [9.17, 15) is 9.13 Å². The van der Waals surface area contributed by atoms with Gasteiger partial charge in [-0.1, -0.05) is 54.0 Å². The molecule has 1 aromatic rings. The molecule has 0 heterocycles. The minimum Gasteiger partial charge on any atom is -0.308 e. The molecule has 1 rings (SSSR count). The highest BCUT2D eigenvalue weighted by atomic mass is 31.2. The topological polar surface area (TPSA) is 71.1 Å². The second kappa shape index (κ2) is 17.5. The van der Waals surface area contributed by atoms with E-state index in [-0.39, 0.29) is 26.4 Å². The second-order valence-electron chi connectivity index (χ2n) is 9.03. The van der Waals surface area contributed by atoms with E-state index in [1.807, 2.05) is 0 Å². The summed E-state index contributed by atoms with van der Waals surface area (Å²) in [5.41, 5.74) is 5.17. The molecule has 0 saturated heterocycles. The summed E-state index contributed by atoms with van der Waals surface area (Å²) in [5.74, 6) is 0. The zero-order valence-corrected chi connectivity index (χ0v) is 25.2. The molecule has 0 unspecified atom stereocenters. The predicted octanol–water partition coefficient (Wildman–Crippen LogP) is 9.41. The number of benzene rings is 1. The monoisotopic (exact) mass is 542 g/mol. The van der Waals surface area contributed by atoms with Gasteiger partial charge in [-0.3, -0.25) is 9.13 Å². The maximum Gasteiger partial charge on any atom is 0.345 e. The van der Waals surface area contributed by atoms with Gasteiger partial charge in [-0.2, -0.15) is 0 Å². The average Bonchev–Trinajstić information content (AvgIpc) is 2.80. The third-order valence-electron chi connectivity index (χ3n) is 5.63. The molecule has 0 saturated carbocycles. The maximum atomic E-state index is 13.6. The van der Waals surface area contributed by atoms with Crippen LogP contribution in [0.15, 0.2) is 41.5 Å².